The Hall–Kier alpha value is -1.31. The van der Waals surface area contributed by atoms with E-state index in [1.165, 1.54) is 5.56 Å². The van der Waals surface area contributed by atoms with E-state index in [0.29, 0.717) is 5.92 Å². The number of aliphatic imine (C=N–C) groups is 1. The summed E-state index contributed by atoms with van der Waals surface area (Å²) in [5.74, 6) is 1.48. The first-order valence-electron chi connectivity index (χ1n) is 5.02. The van der Waals surface area contributed by atoms with Crippen LogP contribution in [0.1, 0.15) is 24.3 Å². The monoisotopic (exact) mass is 189 g/mol. The molecule has 2 rings (SSSR count). The standard InChI is InChI=1S/C12H15NO/c1-14-12-9-11(7-8-13-12)10-5-3-2-4-6-10/h2-6,11H,7-9H2,1H3. The van der Waals surface area contributed by atoms with Crippen LogP contribution < -0.4 is 0 Å². The summed E-state index contributed by atoms with van der Waals surface area (Å²) in [6.07, 6.45) is 2.08. The van der Waals surface area contributed by atoms with Gasteiger partial charge in [0.1, 0.15) is 0 Å². The summed E-state index contributed by atoms with van der Waals surface area (Å²) >= 11 is 0. The Bertz CT molecular complexity index is 318. The number of hydrogen-bond donors (Lipinski definition) is 0. The molecule has 1 aliphatic rings. The molecule has 1 aromatic carbocycles. The Labute approximate surface area is 84.6 Å². The molecule has 0 saturated heterocycles. The third kappa shape index (κ3) is 1.95. The highest BCUT2D eigenvalue weighted by Crippen LogP contribution is 2.26. The van der Waals surface area contributed by atoms with E-state index in [4.69, 9.17) is 4.74 Å². The molecule has 0 radical (unpaired) electrons. The summed E-state index contributed by atoms with van der Waals surface area (Å²) in [7, 11) is 1.70. The maximum absolute atomic E-state index is 5.19. The van der Waals surface area contributed by atoms with Crippen molar-refractivity contribution in [2.75, 3.05) is 13.7 Å². The lowest BCUT2D eigenvalue weighted by molar-refractivity contribution is 0.371. The van der Waals surface area contributed by atoms with Crippen LogP contribution in [0.15, 0.2) is 35.3 Å². The van der Waals surface area contributed by atoms with Crippen LogP contribution in [0.25, 0.3) is 0 Å². The number of benzene rings is 1. The van der Waals surface area contributed by atoms with Crippen molar-refractivity contribution in [2.45, 2.75) is 18.8 Å². The summed E-state index contributed by atoms with van der Waals surface area (Å²) < 4.78 is 5.19. The average molecular weight is 189 g/mol. The van der Waals surface area contributed by atoms with Crippen molar-refractivity contribution in [1.29, 1.82) is 0 Å². The first-order chi connectivity index (χ1) is 6.90. The fourth-order valence-electron chi connectivity index (χ4n) is 1.88. The van der Waals surface area contributed by atoms with Crippen molar-refractivity contribution in [3.8, 4) is 0 Å². The highest BCUT2D eigenvalue weighted by molar-refractivity contribution is 5.77. The van der Waals surface area contributed by atoms with Crippen LogP contribution in [-0.2, 0) is 4.74 Å². The normalized spacial score (nSPS) is 21.5. The van der Waals surface area contributed by atoms with Crippen molar-refractivity contribution >= 4 is 5.90 Å². The van der Waals surface area contributed by atoms with E-state index < -0.39 is 0 Å². The third-order valence-electron chi connectivity index (χ3n) is 2.69. The highest BCUT2D eigenvalue weighted by Gasteiger charge is 2.18. The Morgan fingerprint density at radius 1 is 1.29 bits per heavy atom. The van der Waals surface area contributed by atoms with E-state index in [9.17, 15) is 0 Å². The molecular formula is C12H15NO. The van der Waals surface area contributed by atoms with Gasteiger partial charge in [0.15, 0.2) is 5.90 Å². The molecule has 1 unspecified atom stereocenters. The molecule has 1 atom stereocenters. The summed E-state index contributed by atoms with van der Waals surface area (Å²) in [5.41, 5.74) is 1.40. The lowest BCUT2D eigenvalue weighted by Crippen LogP contribution is -2.15. The first-order valence-corrected chi connectivity index (χ1v) is 5.02. The number of rotatable bonds is 1. The first kappa shape index (κ1) is 9.25. The number of methoxy groups -OCH3 is 1. The molecule has 0 spiro atoms. The maximum atomic E-state index is 5.19. The third-order valence-corrected chi connectivity index (χ3v) is 2.69. The number of nitrogens with zero attached hydrogens (tertiary/aromatic N) is 1. The van der Waals surface area contributed by atoms with Gasteiger partial charge in [-0.15, -0.1) is 0 Å². The van der Waals surface area contributed by atoms with Crippen LogP contribution in [-0.4, -0.2) is 19.6 Å². The van der Waals surface area contributed by atoms with Crippen LogP contribution >= 0.6 is 0 Å². The zero-order valence-electron chi connectivity index (χ0n) is 8.44. The van der Waals surface area contributed by atoms with Crippen molar-refractivity contribution in [2.24, 2.45) is 4.99 Å². The second kappa shape index (κ2) is 4.27. The Morgan fingerprint density at radius 2 is 2.07 bits per heavy atom. The Balaban J connectivity index is 2.11. The average Bonchev–Trinajstić information content (AvgIpc) is 2.30. The molecule has 0 saturated carbocycles. The van der Waals surface area contributed by atoms with Gasteiger partial charge >= 0.3 is 0 Å². The van der Waals surface area contributed by atoms with Crippen LogP contribution in [0.3, 0.4) is 0 Å². The molecule has 0 aliphatic carbocycles. The fourth-order valence-corrected chi connectivity index (χ4v) is 1.88. The van der Waals surface area contributed by atoms with Gasteiger partial charge < -0.3 is 4.74 Å². The topological polar surface area (TPSA) is 21.6 Å². The Kier molecular flexibility index (Phi) is 2.82. The minimum Gasteiger partial charge on any atom is -0.484 e. The van der Waals surface area contributed by atoms with Gasteiger partial charge in [0.2, 0.25) is 0 Å². The van der Waals surface area contributed by atoms with E-state index in [2.05, 4.69) is 35.3 Å². The van der Waals surface area contributed by atoms with Gasteiger partial charge in [0.25, 0.3) is 0 Å². The fraction of sp³-hybridized carbons (Fsp3) is 0.417. The zero-order chi connectivity index (χ0) is 9.80. The molecule has 1 aliphatic heterocycles. The summed E-state index contributed by atoms with van der Waals surface area (Å²) in [5, 5.41) is 0. The van der Waals surface area contributed by atoms with Crippen LogP contribution in [0.2, 0.25) is 0 Å². The maximum Gasteiger partial charge on any atom is 0.183 e. The van der Waals surface area contributed by atoms with Crippen molar-refractivity contribution in [1.82, 2.24) is 0 Å². The van der Waals surface area contributed by atoms with Gasteiger partial charge in [-0.1, -0.05) is 30.3 Å². The molecule has 2 nitrogen and oxygen atoms in total. The van der Waals surface area contributed by atoms with Gasteiger partial charge in [-0.25, -0.2) is 0 Å². The number of hydrogen-bond acceptors (Lipinski definition) is 2. The van der Waals surface area contributed by atoms with Crippen LogP contribution in [0, 0.1) is 0 Å². The van der Waals surface area contributed by atoms with Gasteiger partial charge in [-0.05, 0) is 17.9 Å². The molecule has 0 amide bonds. The molecule has 14 heavy (non-hydrogen) atoms. The molecule has 1 heterocycles. The molecule has 0 fully saturated rings. The zero-order valence-corrected chi connectivity index (χ0v) is 8.44. The van der Waals surface area contributed by atoms with Gasteiger partial charge in [-0.2, -0.15) is 0 Å². The predicted octanol–water partition coefficient (Wildman–Crippen LogP) is 2.61. The molecular weight excluding hydrogens is 174 g/mol. The van der Waals surface area contributed by atoms with Crippen molar-refractivity contribution in [3.63, 3.8) is 0 Å². The lowest BCUT2D eigenvalue weighted by Gasteiger charge is -2.21. The lowest BCUT2D eigenvalue weighted by atomic mass is 9.91. The molecule has 1 aromatic rings. The molecule has 74 valence electrons. The van der Waals surface area contributed by atoms with E-state index in [1.54, 1.807) is 7.11 Å². The molecule has 0 N–H and O–H groups in total. The van der Waals surface area contributed by atoms with Crippen molar-refractivity contribution in [3.05, 3.63) is 35.9 Å². The van der Waals surface area contributed by atoms with Gasteiger partial charge in [-0.3, -0.25) is 4.99 Å². The highest BCUT2D eigenvalue weighted by atomic mass is 16.5. The summed E-state index contributed by atoms with van der Waals surface area (Å²) in [6, 6.07) is 10.6. The van der Waals surface area contributed by atoms with E-state index in [0.717, 1.165) is 25.3 Å². The van der Waals surface area contributed by atoms with E-state index in [1.807, 2.05) is 0 Å². The summed E-state index contributed by atoms with van der Waals surface area (Å²) in [6.45, 7) is 0.892. The van der Waals surface area contributed by atoms with Crippen molar-refractivity contribution < 1.29 is 4.74 Å². The SMILES string of the molecule is COC1=NCCC(c2ccccc2)C1. The minimum atomic E-state index is 0.587. The minimum absolute atomic E-state index is 0.587. The second-order valence-electron chi connectivity index (χ2n) is 3.58. The van der Waals surface area contributed by atoms with E-state index in [-0.39, 0.29) is 0 Å². The van der Waals surface area contributed by atoms with Gasteiger partial charge in [0.05, 0.1) is 7.11 Å². The largest absolute Gasteiger partial charge is 0.484 e. The summed E-state index contributed by atoms with van der Waals surface area (Å²) in [4.78, 5) is 4.32. The molecule has 0 aromatic heterocycles. The van der Waals surface area contributed by atoms with Crippen LogP contribution in [0.4, 0.5) is 0 Å². The molecule has 2 heteroatoms. The van der Waals surface area contributed by atoms with E-state index >= 15 is 0 Å². The quantitative estimate of drug-likeness (QED) is 0.665. The van der Waals surface area contributed by atoms with Crippen LogP contribution in [0.5, 0.6) is 0 Å². The predicted molar refractivity (Wildman–Crippen MR) is 57.7 cm³/mol. The number of ether oxygens (including phenoxy) is 1. The molecule has 0 bridgehead atoms. The second-order valence-corrected chi connectivity index (χ2v) is 3.58. The Morgan fingerprint density at radius 3 is 2.79 bits per heavy atom. The smallest absolute Gasteiger partial charge is 0.183 e. The van der Waals surface area contributed by atoms with Gasteiger partial charge in [0, 0.05) is 13.0 Å².